The summed E-state index contributed by atoms with van der Waals surface area (Å²) in [4.78, 5) is 74.1. The molecule has 12 N–H and O–H groups in total. The average molecular weight is 489 g/mol. The number of hydrogen-bond donors (Lipinski definition) is 9. The molecule has 0 rings (SSSR count). The molecule has 0 aromatic heterocycles. The van der Waals surface area contributed by atoms with Crippen LogP contribution < -0.4 is 38.5 Å². The monoisotopic (exact) mass is 488 g/mol. The second-order valence-corrected chi connectivity index (χ2v) is 7.14. The SMILES string of the molecule is CC(=O)N[C@H](CCCCN=C(N)N)C(=O)NCC(=O)N[C@@H](CC(=O)O)C(=O)N[C@@H](CO)C(N)=O. The summed E-state index contributed by atoms with van der Waals surface area (Å²) in [6.07, 6.45) is 0.404. The zero-order valence-electron chi connectivity index (χ0n) is 18.7. The third-order valence-corrected chi connectivity index (χ3v) is 4.19. The number of aliphatic hydroxyl groups excluding tert-OH is 1. The number of carbonyl (C=O) groups excluding carboxylic acids is 5. The Labute approximate surface area is 195 Å². The van der Waals surface area contributed by atoms with Gasteiger partial charge in [-0.05, 0) is 19.3 Å². The molecule has 192 valence electrons. The molecular formula is C18H32N8O8. The highest BCUT2D eigenvalue weighted by Gasteiger charge is 2.28. The average Bonchev–Trinajstić information content (AvgIpc) is 2.72. The summed E-state index contributed by atoms with van der Waals surface area (Å²) in [6.45, 7) is 0.0826. The maximum Gasteiger partial charge on any atom is 0.305 e. The van der Waals surface area contributed by atoms with Crippen molar-refractivity contribution in [3.63, 3.8) is 0 Å². The minimum Gasteiger partial charge on any atom is -0.481 e. The molecule has 0 aliphatic carbocycles. The van der Waals surface area contributed by atoms with E-state index in [2.05, 4.69) is 20.9 Å². The number of carboxylic acids is 1. The Morgan fingerprint density at radius 3 is 2.03 bits per heavy atom. The zero-order valence-corrected chi connectivity index (χ0v) is 18.7. The van der Waals surface area contributed by atoms with Gasteiger partial charge in [-0.1, -0.05) is 0 Å². The summed E-state index contributed by atoms with van der Waals surface area (Å²) in [5.74, 6) is -5.71. The standard InChI is InChI=1S/C18H32N8O8/c1-9(28)24-10(4-2-3-5-22-18(20)21)16(33)23-7-13(29)25-11(6-14(30)31)17(34)26-12(8-27)15(19)32/h10-12,27H,2-8H2,1H3,(H2,19,32)(H,23,33)(H,24,28)(H,25,29)(H,26,34)(H,30,31)(H4,20,21,22)/t10-,11+,12+/m1/s1. The van der Waals surface area contributed by atoms with Crippen LogP contribution in [0.5, 0.6) is 0 Å². The van der Waals surface area contributed by atoms with Crippen LogP contribution in [0.3, 0.4) is 0 Å². The van der Waals surface area contributed by atoms with Crippen LogP contribution in [0.25, 0.3) is 0 Å². The van der Waals surface area contributed by atoms with Crippen LogP contribution in [0.4, 0.5) is 0 Å². The summed E-state index contributed by atoms with van der Waals surface area (Å²) in [6, 6.07) is -4.05. The lowest BCUT2D eigenvalue weighted by Gasteiger charge is -2.21. The van der Waals surface area contributed by atoms with Crippen molar-refractivity contribution in [1.82, 2.24) is 21.3 Å². The quantitative estimate of drug-likeness (QED) is 0.0566. The van der Waals surface area contributed by atoms with E-state index in [1.165, 1.54) is 6.92 Å². The molecule has 0 radical (unpaired) electrons. The van der Waals surface area contributed by atoms with Crippen molar-refractivity contribution in [2.24, 2.45) is 22.2 Å². The number of rotatable bonds is 16. The van der Waals surface area contributed by atoms with Gasteiger partial charge in [0, 0.05) is 13.5 Å². The highest BCUT2D eigenvalue weighted by molar-refractivity contribution is 5.95. The minimum atomic E-state index is -1.61. The first-order valence-electron chi connectivity index (χ1n) is 10.2. The highest BCUT2D eigenvalue weighted by Crippen LogP contribution is 2.02. The minimum absolute atomic E-state index is 0.0708. The Morgan fingerprint density at radius 1 is 0.882 bits per heavy atom. The number of primary amides is 1. The van der Waals surface area contributed by atoms with E-state index in [9.17, 15) is 28.8 Å². The van der Waals surface area contributed by atoms with Crippen LogP contribution in [0.1, 0.15) is 32.6 Å². The molecule has 0 aromatic carbocycles. The molecule has 0 spiro atoms. The van der Waals surface area contributed by atoms with Crippen molar-refractivity contribution in [3.8, 4) is 0 Å². The van der Waals surface area contributed by atoms with Gasteiger partial charge < -0.3 is 48.7 Å². The number of unbranched alkanes of at least 4 members (excludes halogenated alkanes) is 1. The van der Waals surface area contributed by atoms with Crippen molar-refractivity contribution < 1.29 is 39.0 Å². The van der Waals surface area contributed by atoms with E-state index in [1.54, 1.807) is 0 Å². The second-order valence-electron chi connectivity index (χ2n) is 7.14. The van der Waals surface area contributed by atoms with E-state index in [1.807, 2.05) is 5.32 Å². The van der Waals surface area contributed by atoms with Crippen LogP contribution in [0.15, 0.2) is 4.99 Å². The van der Waals surface area contributed by atoms with Crippen molar-refractivity contribution >= 4 is 41.5 Å². The summed E-state index contributed by atoms with van der Waals surface area (Å²) in [5.41, 5.74) is 15.4. The molecular weight excluding hydrogens is 456 g/mol. The Hall–Kier alpha value is -3.95. The number of aliphatic imine (C=N–C) groups is 1. The molecule has 3 atom stereocenters. The van der Waals surface area contributed by atoms with Crippen LogP contribution in [-0.2, 0) is 28.8 Å². The van der Waals surface area contributed by atoms with Crippen LogP contribution in [-0.4, -0.2) is 89.5 Å². The van der Waals surface area contributed by atoms with Gasteiger partial charge in [-0.25, -0.2) is 0 Å². The van der Waals surface area contributed by atoms with E-state index in [4.69, 9.17) is 27.4 Å². The van der Waals surface area contributed by atoms with Gasteiger partial charge in [-0.2, -0.15) is 0 Å². The number of aliphatic carboxylic acids is 1. The number of nitrogens with two attached hydrogens (primary N) is 3. The van der Waals surface area contributed by atoms with E-state index in [-0.39, 0.29) is 12.4 Å². The molecule has 0 fully saturated rings. The van der Waals surface area contributed by atoms with E-state index in [0.717, 1.165) is 0 Å². The zero-order chi connectivity index (χ0) is 26.3. The normalized spacial score (nSPS) is 12.9. The fourth-order valence-corrected chi connectivity index (χ4v) is 2.58. The first kappa shape index (κ1) is 30.1. The third-order valence-electron chi connectivity index (χ3n) is 4.19. The van der Waals surface area contributed by atoms with Gasteiger partial charge in [0.25, 0.3) is 0 Å². The summed E-state index contributed by atoms with van der Waals surface area (Å²) in [7, 11) is 0. The van der Waals surface area contributed by atoms with Gasteiger partial charge in [0.15, 0.2) is 5.96 Å². The van der Waals surface area contributed by atoms with Crippen molar-refractivity contribution in [3.05, 3.63) is 0 Å². The smallest absolute Gasteiger partial charge is 0.305 e. The number of nitrogens with zero attached hydrogens (tertiary/aromatic N) is 1. The molecule has 0 aliphatic heterocycles. The fourth-order valence-electron chi connectivity index (χ4n) is 2.58. The van der Waals surface area contributed by atoms with Crippen LogP contribution in [0.2, 0.25) is 0 Å². The molecule has 0 saturated heterocycles. The number of guanidine groups is 1. The number of aliphatic hydroxyl groups is 1. The van der Waals surface area contributed by atoms with Gasteiger partial charge in [-0.15, -0.1) is 0 Å². The maximum absolute atomic E-state index is 12.4. The van der Waals surface area contributed by atoms with Gasteiger partial charge >= 0.3 is 5.97 Å². The predicted molar refractivity (Wildman–Crippen MR) is 118 cm³/mol. The highest BCUT2D eigenvalue weighted by atomic mass is 16.4. The van der Waals surface area contributed by atoms with Gasteiger partial charge in [0.2, 0.25) is 29.5 Å². The lowest BCUT2D eigenvalue weighted by atomic mass is 10.1. The summed E-state index contributed by atoms with van der Waals surface area (Å²) < 4.78 is 0. The Morgan fingerprint density at radius 2 is 1.53 bits per heavy atom. The first-order chi connectivity index (χ1) is 15.9. The molecule has 0 aromatic rings. The molecule has 0 heterocycles. The van der Waals surface area contributed by atoms with E-state index < -0.39 is 73.2 Å². The van der Waals surface area contributed by atoms with Crippen molar-refractivity contribution in [1.29, 1.82) is 0 Å². The maximum atomic E-state index is 12.4. The molecule has 16 nitrogen and oxygen atoms in total. The second kappa shape index (κ2) is 15.8. The Balaban J connectivity index is 4.93. The molecule has 0 unspecified atom stereocenters. The Kier molecular flexibility index (Phi) is 14.0. The number of amides is 5. The molecule has 16 heteroatoms. The van der Waals surface area contributed by atoms with E-state index in [0.29, 0.717) is 19.4 Å². The molecule has 0 aliphatic rings. The molecule has 0 saturated carbocycles. The Bertz CT molecular complexity index is 784. The first-order valence-corrected chi connectivity index (χ1v) is 10.2. The largest absolute Gasteiger partial charge is 0.481 e. The van der Waals surface area contributed by atoms with Crippen molar-refractivity contribution in [2.75, 3.05) is 19.7 Å². The van der Waals surface area contributed by atoms with Crippen LogP contribution in [0, 0.1) is 0 Å². The number of carboxylic acid groups (broad SMARTS) is 1. The molecule has 34 heavy (non-hydrogen) atoms. The lowest BCUT2D eigenvalue weighted by Crippen LogP contribution is -2.56. The third kappa shape index (κ3) is 13.5. The summed E-state index contributed by atoms with van der Waals surface area (Å²) in [5, 5.41) is 26.9. The molecule has 5 amide bonds. The van der Waals surface area contributed by atoms with Crippen molar-refractivity contribution in [2.45, 2.75) is 50.7 Å². The lowest BCUT2D eigenvalue weighted by molar-refractivity contribution is -0.141. The predicted octanol–water partition coefficient (Wildman–Crippen LogP) is -5.03. The number of carbonyl (C=O) groups is 6. The fraction of sp³-hybridized carbons (Fsp3) is 0.611. The van der Waals surface area contributed by atoms with Gasteiger partial charge in [-0.3, -0.25) is 33.8 Å². The van der Waals surface area contributed by atoms with Gasteiger partial charge in [0.05, 0.1) is 19.6 Å². The molecule has 0 bridgehead atoms. The number of hydrogen-bond acceptors (Lipinski definition) is 8. The topological polar surface area (TPSA) is 281 Å². The van der Waals surface area contributed by atoms with Crippen LogP contribution >= 0.6 is 0 Å². The number of nitrogens with one attached hydrogen (secondary N) is 4. The van der Waals surface area contributed by atoms with E-state index >= 15 is 0 Å². The summed E-state index contributed by atoms with van der Waals surface area (Å²) >= 11 is 0. The van der Waals surface area contributed by atoms with Gasteiger partial charge in [0.1, 0.15) is 18.1 Å².